The van der Waals surface area contributed by atoms with E-state index in [0.29, 0.717) is 5.04 Å². The van der Waals surface area contributed by atoms with Crippen LogP contribution in [0, 0.1) is 0 Å². The van der Waals surface area contributed by atoms with Crippen molar-refractivity contribution in [2.45, 2.75) is 38.9 Å². The van der Waals surface area contributed by atoms with Gasteiger partial charge in [-0.3, -0.25) is 0 Å². The van der Waals surface area contributed by atoms with Gasteiger partial charge in [-0.25, -0.2) is 4.98 Å². The first-order valence-corrected chi connectivity index (χ1v) is 9.50. The summed E-state index contributed by atoms with van der Waals surface area (Å²) in [5.41, 5.74) is 1.16. The summed E-state index contributed by atoms with van der Waals surface area (Å²) in [4.78, 5) is 4.83. The molecule has 1 aromatic carbocycles. The lowest BCUT2D eigenvalue weighted by Crippen LogP contribution is -2.49. The van der Waals surface area contributed by atoms with Gasteiger partial charge in [-0.1, -0.05) is 46.0 Å². The SMILES string of the molecule is CC(C)(C)[Si](C)(C)c1nc2ccccc2s1. The highest BCUT2D eigenvalue weighted by Crippen LogP contribution is 2.36. The lowest BCUT2D eigenvalue weighted by molar-refractivity contribution is 0.729. The maximum Gasteiger partial charge on any atom is 0.123 e. The average Bonchev–Trinajstić information content (AvgIpc) is 2.59. The molecule has 0 saturated carbocycles. The van der Waals surface area contributed by atoms with Crippen LogP contribution in [0.2, 0.25) is 18.1 Å². The zero-order chi connectivity index (χ0) is 12.0. The zero-order valence-corrected chi connectivity index (χ0v) is 12.5. The molecular weight excluding hydrogens is 230 g/mol. The van der Waals surface area contributed by atoms with Crippen molar-refractivity contribution in [2.75, 3.05) is 0 Å². The largest absolute Gasteiger partial charge is 0.246 e. The van der Waals surface area contributed by atoms with Gasteiger partial charge in [-0.2, -0.15) is 0 Å². The minimum atomic E-state index is -1.46. The van der Waals surface area contributed by atoms with E-state index < -0.39 is 8.07 Å². The molecule has 0 radical (unpaired) electrons. The first-order valence-electron chi connectivity index (χ1n) is 5.68. The van der Waals surface area contributed by atoms with Crippen molar-refractivity contribution >= 4 is 34.3 Å². The van der Waals surface area contributed by atoms with Crippen molar-refractivity contribution < 1.29 is 0 Å². The van der Waals surface area contributed by atoms with E-state index in [4.69, 9.17) is 4.98 Å². The van der Waals surface area contributed by atoms with Gasteiger partial charge < -0.3 is 0 Å². The molecule has 0 unspecified atom stereocenters. The zero-order valence-electron chi connectivity index (χ0n) is 10.7. The predicted octanol–water partition coefficient (Wildman–Crippen LogP) is 4.01. The summed E-state index contributed by atoms with van der Waals surface area (Å²) in [5, 5.41) is 0.362. The van der Waals surface area contributed by atoms with Gasteiger partial charge >= 0.3 is 0 Å². The van der Waals surface area contributed by atoms with Gasteiger partial charge in [0.25, 0.3) is 0 Å². The van der Waals surface area contributed by atoms with Crippen molar-refractivity contribution in [3.8, 4) is 0 Å². The lowest BCUT2D eigenvalue weighted by Gasteiger charge is -2.34. The van der Waals surface area contributed by atoms with Crippen LogP contribution in [0.3, 0.4) is 0 Å². The molecular formula is C13H19NSSi. The van der Waals surface area contributed by atoms with E-state index in [-0.39, 0.29) is 0 Å². The van der Waals surface area contributed by atoms with Gasteiger partial charge in [0.05, 0.1) is 14.8 Å². The van der Waals surface area contributed by atoms with Gasteiger partial charge in [0.15, 0.2) is 0 Å². The predicted molar refractivity (Wildman–Crippen MR) is 76.5 cm³/mol. The molecule has 86 valence electrons. The third kappa shape index (κ3) is 1.82. The highest BCUT2D eigenvalue weighted by Gasteiger charge is 2.39. The fourth-order valence-electron chi connectivity index (χ4n) is 1.46. The third-order valence-electron chi connectivity index (χ3n) is 3.70. The number of thiazole rings is 1. The van der Waals surface area contributed by atoms with E-state index in [9.17, 15) is 0 Å². The van der Waals surface area contributed by atoms with Crippen LogP contribution in [0.15, 0.2) is 24.3 Å². The first kappa shape index (κ1) is 11.8. The van der Waals surface area contributed by atoms with E-state index in [0.717, 1.165) is 5.52 Å². The van der Waals surface area contributed by atoms with Crippen molar-refractivity contribution in [2.24, 2.45) is 0 Å². The summed E-state index contributed by atoms with van der Waals surface area (Å²) >= 11 is 1.88. The Labute approximate surface area is 103 Å². The molecule has 0 atom stereocenters. The van der Waals surface area contributed by atoms with Crippen LogP contribution in [0.4, 0.5) is 0 Å². The molecule has 0 fully saturated rings. The molecule has 2 rings (SSSR count). The van der Waals surface area contributed by atoms with E-state index in [1.54, 1.807) is 0 Å². The normalized spacial score (nSPS) is 13.3. The minimum absolute atomic E-state index is 0.362. The van der Waals surface area contributed by atoms with Gasteiger partial charge in [0.2, 0.25) is 0 Å². The van der Waals surface area contributed by atoms with Crippen molar-refractivity contribution in [3.63, 3.8) is 0 Å². The third-order valence-corrected chi connectivity index (χ3v) is 11.3. The van der Waals surface area contributed by atoms with Crippen LogP contribution in [-0.2, 0) is 0 Å². The summed E-state index contributed by atoms with van der Waals surface area (Å²) in [6.07, 6.45) is 0. The first-order chi connectivity index (χ1) is 7.32. The Hall–Kier alpha value is -0.673. The fraction of sp³-hybridized carbons (Fsp3) is 0.462. The molecule has 0 amide bonds. The number of nitrogens with zero attached hydrogens (tertiary/aromatic N) is 1. The standard InChI is InChI=1S/C13H19NSSi/c1-13(2,3)16(4,5)12-14-10-8-6-7-9-11(10)15-12/h6-9H,1-5H3. The Morgan fingerprint density at radius 1 is 1.12 bits per heavy atom. The Kier molecular flexibility index (Phi) is 2.71. The number of benzene rings is 1. The molecule has 0 N–H and O–H groups in total. The topological polar surface area (TPSA) is 12.9 Å². The molecule has 0 spiro atoms. The smallest absolute Gasteiger partial charge is 0.123 e. The molecule has 3 heteroatoms. The van der Waals surface area contributed by atoms with Crippen molar-refractivity contribution in [1.82, 2.24) is 4.98 Å². The van der Waals surface area contributed by atoms with Crippen molar-refractivity contribution in [1.29, 1.82) is 0 Å². The maximum atomic E-state index is 4.83. The van der Waals surface area contributed by atoms with Crippen molar-refractivity contribution in [3.05, 3.63) is 24.3 Å². The Morgan fingerprint density at radius 3 is 2.31 bits per heavy atom. The summed E-state index contributed by atoms with van der Waals surface area (Å²) in [5.74, 6) is 0. The van der Waals surface area contributed by atoms with E-state index >= 15 is 0 Å². The van der Waals surface area contributed by atoms with Crippen LogP contribution >= 0.6 is 11.3 Å². The maximum absolute atomic E-state index is 4.83. The quantitative estimate of drug-likeness (QED) is 0.696. The summed E-state index contributed by atoms with van der Waals surface area (Å²) < 4.78 is 2.70. The number of rotatable bonds is 1. The molecule has 1 aromatic heterocycles. The van der Waals surface area contributed by atoms with E-state index in [2.05, 4.69) is 58.1 Å². The van der Waals surface area contributed by atoms with Crippen LogP contribution in [-0.4, -0.2) is 13.1 Å². The number of fused-ring (bicyclic) bond motifs is 1. The number of aromatic nitrogens is 1. The number of hydrogen-bond acceptors (Lipinski definition) is 2. The van der Waals surface area contributed by atoms with E-state index in [1.807, 2.05) is 11.3 Å². The Morgan fingerprint density at radius 2 is 1.75 bits per heavy atom. The molecule has 0 saturated heterocycles. The number of hydrogen-bond donors (Lipinski definition) is 0. The van der Waals surface area contributed by atoms with Crippen LogP contribution < -0.4 is 4.63 Å². The van der Waals surface area contributed by atoms with Crippen LogP contribution in [0.25, 0.3) is 10.2 Å². The van der Waals surface area contributed by atoms with Gasteiger partial charge in [-0.05, 0) is 17.2 Å². The fourth-order valence-corrected chi connectivity index (χ4v) is 5.49. The summed E-state index contributed by atoms with van der Waals surface area (Å²) in [6, 6.07) is 8.44. The monoisotopic (exact) mass is 249 g/mol. The molecule has 0 bridgehead atoms. The van der Waals surface area contributed by atoms with Gasteiger partial charge in [0, 0.05) is 0 Å². The number of para-hydroxylation sites is 1. The molecule has 0 aliphatic heterocycles. The Bertz CT molecular complexity index is 475. The van der Waals surface area contributed by atoms with E-state index in [1.165, 1.54) is 9.33 Å². The van der Waals surface area contributed by atoms with Gasteiger partial charge in [0.1, 0.15) is 8.07 Å². The van der Waals surface area contributed by atoms with Crippen LogP contribution in [0.5, 0.6) is 0 Å². The summed E-state index contributed by atoms with van der Waals surface area (Å²) in [6.45, 7) is 11.9. The second kappa shape index (κ2) is 3.67. The second-order valence-electron chi connectivity index (χ2n) is 5.86. The molecule has 1 nitrogen and oxygen atoms in total. The lowest BCUT2D eigenvalue weighted by atomic mass is 10.2. The summed E-state index contributed by atoms with van der Waals surface area (Å²) in [7, 11) is -1.46. The van der Waals surface area contributed by atoms with Gasteiger partial charge in [-0.15, -0.1) is 11.3 Å². The average molecular weight is 249 g/mol. The minimum Gasteiger partial charge on any atom is -0.246 e. The second-order valence-corrected chi connectivity index (χ2v) is 12.5. The molecule has 16 heavy (non-hydrogen) atoms. The molecule has 1 heterocycles. The highest BCUT2D eigenvalue weighted by molar-refractivity contribution is 7.31. The molecule has 0 aliphatic rings. The molecule has 2 aromatic rings. The highest BCUT2D eigenvalue weighted by atomic mass is 32.1. The molecule has 0 aliphatic carbocycles. The van der Waals surface area contributed by atoms with Crippen LogP contribution in [0.1, 0.15) is 20.8 Å². The Balaban J connectivity index is 2.56.